The first-order chi connectivity index (χ1) is 19.2. The molecule has 0 fully saturated rings. The third kappa shape index (κ3) is 12.9. The molecular weight excluding hydrogens is 684 g/mol. The molecule has 40 heavy (non-hydrogen) atoms. The number of ketones is 2. The van der Waals surface area contributed by atoms with E-state index in [1.807, 2.05) is 24.3 Å². The van der Waals surface area contributed by atoms with Crippen molar-refractivity contribution in [2.75, 3.05) is 38.8 Å². The summed E-state index contributed by atoms with van der Waals surface area (Å²) in [4.78, 5) is 49.1. The number of esters is 2. The lowest BCUT2D eigenvalue weighted by Gasteiger charge is -2.17. The van der Waals surface area contributed by atoms with Crippen molar-refractivity contribution in [3.63, 3.8) is 0 Å². The van der Waals surface area contributed by atoms with Crippen molar-refractivity contribution in [3.8, 4) is 0 Å². The quantitative estimate of drug-likeness (QED) is 0.0839. The number of methoxy groups -OCH3 is 2. The van der Waals surface area contributed by atoms with Gasteiger partial charge in [-0.3, -0.25) is 19.2 Å². The average molecular weight is 719 g/mol. The van der Waals surface area contributed by atoms with E-state index in [9.17, 15) is 19.2 Å². The highest BCUT2D eigenvalue weighted by Gasteiger charge is 2.20. The lowest BCUT2D eigenvalue weighted by atomic mass is 10.1. The van der Waals surface area contributed by atoms with Gasteiger partial charge in [-0.2, -0.15) is 0 Å². The summed E-state index contributed by atoms with van der Waals surface area (Å²) < 4.78 is 11.6. The summed E-state index contributed by atoms with van der Waals surface area (Å²) in [5.41, 5.74) is 1.25. The number of rotatable bonds is 19. The standard InChI is InChI=1S/C28H34Br2N2O6S2/c1-37-27(35)23(31-15-11-25(33)19-3-7-21(29)8-4-19)13-17-39-40-18-14-24(28(36)38-2)32-16-12-26(34)20-5-9-22(30)10-6-20/h3-10,23-24,31-32H,11-18H2,1-2H3. The number of halogens is 2. The summed E-state index contributed by atoms with van der Waals surface area (Å²) in [7, 11) is 5.88. The maximum Gasteiger partial charge on any atom is 0.322 e. The minimum Gasteiger partial charge on any atom is -0.468 e. The van der Waals surface area contributed by atoms with Crippen LogP contribution in [0.2, 0.25) is 0 Å². The molecule has 0 aliphatic carbocycles. The third-order valence-electron chi connectivity index (χ3n) is 5.85. The van der Waals surface area contributed by atoms with Crippen molar-refractivity contribution in [1.82, 2.24) is 10.6 Å². The number of hydrogen-bond acceptors (Lipinski definition) is 10. The second-order valence-electron chi connectivity index (χ2n) is 8.64. The van der Waals surface area contributed by atoms with Gasteiger partial charge in [0.2, 0.25) is 0 Å². The Labute approximate surface area is 260 Å². The highest BCUT2D eigenvalue weighted by molar-refractivity contribution is 9.10. The van der Waals surface area contributed by atoms with E-state index in [-0.39, 0.29) is 36.3 Å². The van der Waals surface area contributed by atoms with Crippen molar-refractivity contribution in [3.05, 3.63) is 68.6 Å². The molecule has 12 heteroatoms. The fourth-order valence-electron chi connectivity index (χ4n) is 3.62. The maximum absolute atomic E-state index is 12.4. The molecule has 2 atom stereocenters. The van der Waals surface area contributed by atoms with Crippen LogP contribution in [0.4, 0.5) is 0 Å². The molecule has 2 rings (SSSR count). The average Bonchev–Trinajstić information content (AvgIpc) is 2.96. The predicted molar refractivity (Wildman–Crippen MR) is 168 cm³/mol. The molecule has 2 aromatic carbocycles. The normalized spacial score (nSPS) is 12.4. The topological polar surface area (TPSA) is 111 Å². The zero-order chi connectivity index (χ0) is 29.3. The number of carbonyl (C=O) groups is 4. The van der Waals surface area contributed by atoms with Crippen LogP contribution in [0.15, 0.2) is 57.5 Å². The van der Waals surface area contributed by atoms with Gasteiger partial charge >= 0.3 is 11.9 Å². The molecule has 0 heterocycles. The molecule has 2 aromatic rings. The number of hydrogen-bond donors (Lipinski definition) is 2. The van der Waals surface area contributed by atoms with Crippen LogP contribution >= 0.6 is 53.4 Å². The van der Waals surface area contributed by atoms with Gasteiger partial charge in [-0.25, -0.2) is 0 Å². The Morgan fingerprint density at radius 3 is 1.35 bits per heavy atom. The van der Waals surface area contributed by atoms with Crippen LogP contribution in [0.25, 0.3) is 0 Å². The SMILES string of the molecule is COC(=O)C(CCSSCCC(NCCC(=O)c1ccc(Br)cc1)C(=O)OC)NCCC(=O)c1ccc(Br)cc1. The summed E-state index contributed by atoms with van der Waals surface area (Å²) in [6.45, 7) is 0.729. The van der Waals surface area contributed by atoms with Crippen LogP contribution in [-0.4, -0.2) is 74.4 Å². The molecule has 0 aliphatic heterocycles. The van der Waals surface area contributed by atoms with Crippen molar-refractivity contribution in [1.29, 1.82) is 0 Å². The molecule has 0 spiro atoms. The first-order valence-corrected chi connectivity index (χ1v) is 16.8. The molecular formula is C28H34Br2N2O6S2. The maximum atomic E-state index is 12.4. The smallest absolute Gasteiger partial charge is 0.322 e. The van der Waals surface area contributed by atoms with E-state index in [1.54, 1.807) is 45.9 Å². The van der Waals surface area contributed by atoms with Crippen molar-refractivity contribution in [2.45, 2.75) is 37.8 Å². The summed E-state index contributed by atoms with van der Waals surface area (Å²) in [5, 5.41) is 6.27. The molecule has 218 valence electrons. The molecule has 8 nitrogen and oxygen atoms in total. The van der Waals surface area contributed by atoms with E-state index in [4.69, 9.17) is 9.47 Å². The van der Waals surface area contributed by atoms with Gasteiger partial charge in [0.25, 0.3) is 0 Å². The zero-order valence-electron chi connectivity index (χ0n) is 22.5. The first-order valence-electron chi connectivity index (χ1n) is 12.7. The Balaban J connectivity index is 1.68. The highest BCUT2D eigenvalue weighted by atomic mass is 79.9. The number of benzene rings is 2. The van der Waals surface area contributed by atoms with Crippen LogP contribution in [0.1, 0.15) is 46.4 Å². The monoisotopic (exact) mass is 716 g/mol. The minimum absolute atomic E-state index is 0.00000486. The molecule has 0 saturated carbocycles. The molecule has 2 unspecified atom stereocenters. The molecule has 0 aromatic heterocycles. The Bertz CT molecular complexity index is 1020. The second-order valence-corrected chi connectivity index (χ2v) is 13.2. The van der Waals surface area contributed by atoms with Gasteiger partial charge in [-0.15, -0.1) is 0 Å². The summed E-state index contributed by atoms with van der Waals surface area (Å²) in [5.74, 6) is 0.621. The molecule has 0 radical (unpaired) electrons. The van der Waals surface area contributed by atoms with Gasteiger partial charge in [0.05, 0.1) is 14.2 Å². The molecule has 0 saturated heterocycles. The highest BCUT2D eigenvalue weighted by Crippen LogP contribution is 2.24. The van der Waals surface area contributed by atoms with Crippen LogP contribution in [0.3, 0.4) is 0 Å². The number of Topliss-reactive ketones (excluding diaryl/α,β-unsaturated/α-hetero) is 2. The van der Waals surface area contributed by atoms with Crippen LogP contribution < -0.4 is 10.6 Å². The fraction of sp³-hybridized carbons (Fsp3) is 0.429. The van der Waals surface area contributed by atoms with Crippen LogP contribution in [-0.2, 0) is 19.1 Å². The van der Waals surface area contributed by atoms with Crippen molar-refractivity contribution >= 4 is 77.0 Å². The molecule has 0 aliphatic rings. The van der Waals surface area contributed by atoms with E-state index in [2.05, 4.69) is 42.5 Å². The Morgan fingerprint density at radius 2 is 1.02 bits per heavy atom. The minimum atomic E-state index is -0.511. The lowest BCUT2D eigenvalue weighted by Crippen LogP contribution is -2.39. The Kier molecular flexibility index (Phi) is 16.8. The fourth-order valence-corrected chi connectivity index (χ4v) is 6.33. The van der Waals surface area contributed by atoms with Gasteiger partial charge in [0.15, 0.2) is 11.6 Å². The molecule has 2 N–H and O–H groups in total. The van der Waals surface area contributed by atoms with Gasteiger partial charge in [0.1, 0.15) is 12.1 Å². The number of nitrogens with one attached hydrogen (secondary N) is 2. The number of carbonyl (C=O) groups excluding carboxylic acids is 4. The van der Waals surface area contributed by atoms with Gasteiger partial charge in [-0.1, -0.05) is 77.7 Å². The second kappa shape index (κ2) is 19.4. The molecule has 0 amide bonds. The summed E-state index contributed by atoms with van der Waals surface area (Å²) in [6.07, 6.45) is 1.61. The summed E-state index contributed by atoms with van der Waals surface area (Å²) >= 11 is 6.71. The Morgan fingerprint density at radius 1 is 0.675 bits per heavy atom. The van der Waals surface area contributed by atoms with Gasteiger partial charge in [0, 0.05) is 57.5 Å². The predicted octanol–water partition coefficient (Wildman–Crippen LogP) is 5.48. The van der Waals surface area contributed by atoms with Crippen molar-refractivity contribution in [2.24, 2.45) is 0 Å². The first kappa shape index (κ1) is 34.5. The van der Waals surface area contributed by atoms with E-state index < -0.39 is 12.1 Å². The molecule has 0 bridgehead atoms. The van der Waals surface area contributed by atoms with Gasteiger partial charge in [-0.05, 0) is 37.1 Å². The lowest BCUT2D eigenvalue weighted by molar-refractivity contribution is -0.144. The van der Waals surface area contributed by atoms with Crippen LogP contribution in [0, 0.1) is 0 Å². The van der Waals surface area contributed by atoms with E-state index >= 15 is 0 Å². The Hall–Kier alpha value is -1.70. The van der Waals surface area contributed by atoms with E-state index in [1.165, 1.54) is 14.2 Å². The summed E-state index contributed by atoms with van der Waals surface area (Å²) in [6, 6.07) is 13.3. The zero-order valence-corrected chi connectivity index (χ0v) is 27.3. The van der Waals surface area contributed by atoms with E-state index in [0.717, 1.165) is 8.95 Å². The van der Waals surface area contributed by atoms with Crippen LogP contribution in [0.5, 0.6) is 0 Å². The largest absolute Gasteiger partial charge is 0.468 e. The third-order valence-corrected chi connectivity index (χ3v) is 9.38. The van der Waals surface area contributed by atoms with Gasteiger partial charge < -0.3 is 20.1 Å². The van der Waals surface area contributed by atoms with Crippen molar-refractivity contribution < 1.29 is 28.7 Å². The number of ether oxygens (including phenoxy) is 2. The van der Waals surface area contributed by atoms with E-state index in [0.29, 0.717) is 48.6 Å².